The number of benzene rings is 2. The van der Waals surface area contributed by atoms with Crippen molar-refractivity contribution in [3.8, 4) is 22.5 Å². The van der Waals surface area contributed by atoms with Crippen LogP contribution in [0.1, 0.15) is 45.7 Å². The maximum absolute atomic E-state index is 13.5. The predicted molar refractivity (Wildman–Crippen MR) is 110 cm³/mol. The van der Waals surface area contributed by atoms with Crippen LogP contribution in [0.15, 0.2) is 42.5 Å². The van der Waals surface area contributed by atoms with Crippen molar-refractivity contribution in [2.75, 3.05) is 4.90 Å². The number of fused-ring (bicyclic) bond motifs is 2. The zero-order valence-corrected chi connectivity index (χ0v) is 16.9. The lowest BCUT2D eigenvalue weighted by Gasteiger charge is -2.33. The minimum atomic E-state index is -0.480. The van der Waals surface area contributed by atoms with E-state index in [2.05, 4.69) is 48.4 Å². The van der Waals surface area contributed by atoms with Crippen molar-refractivity contribution in [1.29, 1.82) is 0 Å². The van der Waals surface area contributed by atoms with Crippen molar-refractivity contribution in [1.82, 2.24) is 15.0 Å². The highest BCUT2D eigenvalue weighted by Crippen LogP contribution is 2.52. The number of amides is 1. The molecule has 0 radical (unpaired) electrons. The van der Waals surface area contributed by atoms with Crippen LogP contribution in [0, 0.1) is 5.41 Å². The SMILES string of the molecule is CC(C)(C)C(=O)N1Cc2ccccc2-c2nnn3c2-c2c1cccc2C3(C)C. The second-order valence-corrected chi connectivity index (χ2v) is 9.26. The molecule has 0 spiro atoms. The third-order valence-electron chi connectivity index (χ3n) is 5.92. The van der Waals surface area contributed by atoms with Gasteiger partial charge >= 0.3 is 0 Å². The second-order valence-electron chi connectivity index (χ2n) is 9.26. The molecule has 2 aliphatic rings. The zero-order valence-electron chi connectivity index (χ0n) is 16.9. The Kier molecular flexibility index (Phi) is 3.26. The van der Waals surface area contributed by atoms with Gasteiger partial charge in [-0.3, -0.25) is 4.79 Å². The average Bonchev–Trinajstić information content (AvgIpc) is 3.16. The van der Waals surface area contributed by atoms with Gasteiger partial charge in [0.1, 0.15) is 11.4 Å². The summed E-state index contributed by atoms with van der Waals surface area (Å²) < 4.78 is 2.01. The van der Waals surface area contributed by atoms with Crippen molar-refractivity contribution in [2.45, 2.75) is 46.7 Å². The molecule has 1 aromatic heterocycles. The number of carbonyl (C=O) groups excluding carboxylic acids is 1. The molecule has 0 aliphatic carbocycles. The van der Waals surface area contributed by atoms with Gasteiger partial charge in [0.05, 0.1) is 17.8 Å². The van der Waals surface area contributed by atoms with Gasteiger partial charge in [-0.25, -0.2) is 4.68 Å². The summed E-state index contributed by atoms with van der Waals surface area (Å²) in [7, 11) is 0. The van der Waals surface area contributed by atoms with Gasteiger partial charge in [0.15, 0.2) is 0 Å². The Hall–Kier alpha value is -2.95. The zero-order chi connectivity index (χ0) is 19.8. The second kappa shape index (κ2) is 5.31. The molecular formula is C23H24N4O. The molecule has 0 unspecified atom stereocenters. The monoisotopic (exact) mass is 372 g/mol. The van der Waals surface area contributed by atoms with E-state index in [0.29, 0.717) is 6.54 Å². The van der Waals surface area contributed by atoms with Crippen molar-refractivity contribution in [3.05, 3.63) is 53.6 Å². The lowest BCUT2D eigenvalue weighted by molar-refractivity contribution is -0.125. The highest BCUT2D eigenvalue weighted by atomic mass is 16.2. The largest absolute Gasteiger partial charge is 0.307 e. The van der Waals surface area contributed by atoms with Crippen LogP contribution in [0.5, 0.6) is 0 Å². The van der Waals surface area contributed by atoms with Crippen molar-refractivity contribution in [3.63, 3.8) is 0 Å². The highest BCUT2D eigenvalue weighted by molar-refractivity contribution is 6.03. The Bertz CT molecular complexity index is 1130. The van der Waals surface area contributed by atoms with Crippen LogP contribution >= 0.6 is 0 Å². The lowest BCUT2D eigenvalue weighted by atomic mass is 9.88. The molecule has 5 nitrogen and oxygen atoms in total. The molecule has 3 aromatic rings. The van der Waals surface area contributed by atoms with E-state index >= 15 is 0 Å². The average molecular weight is 372 g/mol. The Labute approximate surface area is 165 Å². The molecule has 5 rings (SSSR count). The van der Waals surface area contributed by atoms with Crippen molar-refractivity contribution >= 4 is 11.6 Å². The molecule has 0 bridgehead atoms. The number of nitrogens with zero attached hydrogens (tertiary/aromatic N) is 4. The Morgan fingerprint density at radius 2 is 1.82 bits per heavy atom. The van der Waals surface area contributed by atoms with Crippen LogP contribution < -0.4 is 4.90 Å². The first-order valence-electron chi connectivity index (χ1n) is 9.71. The summed E-state index contributed by atoms with van der Waals surface area (Å²) in [5.41, 5.74) is 6.46. The summed E-state index contributed by atoms with van der Waals surface area (Å²) in [5.74, 6) is 0.114. The topological polar surface area (TPSA) is 51.0 Å². The van der Waals surface area contributed by atoms with Crippen LogP contribution in [0.3, 0.4) is 0 Å². The Balaban J connectivity index is 1.90. The molecule has 0 N–H and O–H groups in total. The van der Waals surface area contributed by atoms with Gasteiger partial charge in [-0.2, -0.15) is 0 Å². The van der Waals surface area contributed by atoms with Crippen LogP contribution in [0.4, 0.5) is 5.69 Å². The van der Waals surface area contributed by atoms with E-state index in [0.717, 1.165) is 33.8 Å². The van der Waals surface area contributed by atoms with Gasteiger partial charge in [-0.05, 0) is 31.0 Å². The first kappa shape index (κ1) is 17.2. The van der Waals surface area contributed by atoms with Gasteiger partial charge in [0, 0.05) is 16.5 Å². The number of rotatable bonds is 0. The molecule has 2 aliphatic heterocycles. The first-order valence-corrected chi connectivity index (χ1v) is 9.71. The number of hydrogen-bond donors (Lipinski definition) is 0. The molecule has 3 heterocycles. The van der Waals surface area contributed by atoms with Gasteiger partial charge < -0.3 is 4.90 Å². The van der Waals surface area contributed by atoms with Gasteiger partial charge in [0.25, 0.3) is 0 Å². The summed E-state index contributed by atoms with van der Waals surface area (Å²) in [5, 5.41) is 9.10. The number of hydrogen-bond acceptors (Lipinski definition) is 3. The third kappa shape index (κ3) is 2.10. The molecule has 0 fully saturated rings. The van der Waals surface area contributed by atoms with Gasteiger partial charge in [-0.15, -0.1) is 5.10 Å². The molecule has 5 heteroatoms. The number of carbonyl (C=O) groups is 1. The van der Waals surface area contributed by atoms with Crippen LogP contribution in [-0.4, -0.2) is 20.9 Å². The molecule has 142 valence electrons. The van der Waals surface area contributed by atoms with E-state index in [1.54, 1.807) is 0 Å². The quantitative estimate of drug-likeness (QED) is 0.579. The lowest BCUT2D eigenvalue weighted by Crippen LogP contribution is -2.40. The number of aromatic nitrogens is 3. The van der Waals surface area contributed by atoms with E-state index in [1.807, 2.05) is 48.6 Å². The fourth-order valence-electron chi connectivity index (χ4n) is 4.45. The fourth-order valence-corrected chi connectivity index (χ4v) is 4.45. The summed E-state index contributed by atoms with van der Waals surface area (Å²) in [6.45, 7) is 10.8. The van der Waals surface area contributed by atoms with E-state index < -0.39 is 5.41 Å². The number of anilines is 1. The van der Waals surface area contributed by atoms with E-state index in [9.17, 15) is 4.79 Å². The third-order valence-corrected chi connectivity index (χ3v) is 5.92. The minimum Gasteiger partial charge on any atom is -0.307 e. The van der Waals surface area contributed by atoms with E-state index in [-0.39, 0.29) is 11.4 Å². The van der Waals surface area contributed by atoms with Crippen molar-refractivity contribution in [2.24, 2.45) is 5.41 Å². The molecule has 28 heavy (non-hydrogen) atoms. The fraction of sp³-hybridized carbons (Fsp3) is 0.348. The summed E-state index contributed by atoms with van der Waals surface area (Å²) in [6.07, 6.45) is 0. The minimum absolute atomic E-state index is 0.114. The summed E-state index contributed by atoms with van der Waals surface area (Å²) in [6, 6.07) is 14.5. The summed E-state index contributed by atoms with van der Waals surface area (Å²) >= 11 is 0. The standard InChI is InChI=1S/C23H24N4O/c1-22(2,3)21(28)26-13-14-9-6-7-10-15(14)19-20-18-16(11-8-12-17(18)26)23(4,5)27(20)25-24-19/h6-12H,13H2,1-5H3. The Morgan fingerprint density at radius 3 is 2.57 bits per heavy atom. The molecule has 0 atom stereocenters. The van der Waals surface area contributed by atoms with E-state index in [1.165, 1.54) is 5.56 Å². The molecule has 0 saturated heterocycles. The van der Waals surface area contributed by atoms with Crippen LogP contribution in [0.25, 0.3) is 22.5 Å². The first-order chi connectivity index (χ1) is 13.2. The maximum atomic E-state index is 13.5. The van der Waals surface area contributed by atoms with E-state index in [4.69, 9.17) is 0 Å². The summed E-state index contributed by atoms with van der Waals surface area (Å²) in [4.78, 5) is 15.4. The normalized spacial score (nSPS) is 16.2. The molecular weight excluding hydrogens is 348 g/mol. The maximum Gasteiger partial charge on any atom is 0.232 e. The molecule has 2 aromatic carbocycles. The smallest absolute Gasteiger partial charge is 0.232 e. The molecule has 0 saturated carbocycles. The van der Waals surface area contributed by atoms with Gasteiger partial charge in [-0.1, -0.05) is 62.4 Å². The highest BCUT2D eigenvalue weighted by Gasteiger charge is 2.43. The Morgan fingerprint density at radius 1 is 1.07 bits per heavy atom. The van der Waals surface area contributed by atoms with Crippen LogP contribution in [0.2, 0.25) is 0 Å². The van der Waals surface area contributed by atoms with Gasteiger partial charge in [0.2, 0.25) is 5.91 Å². The van der Waals surface area contributed by atoms with Crippen LogP contribution in [-0.2, 0) is 16.9 Å². The predicted octanol–water partition coefficient (Wildman–Crippen LogP) is 4.60. The van der Waals surface area contributed by atoms with Crippen molar-refractivity contribution < 1.29 is 4.79 Å². The molecule has 1 amide bonds.